The van der Waals surface area contributed by atoms with Gasteiger partial charge in [-0.25, -0.2) is 0 Å². The van der Waals surface area contributed by atoms with Gasteiger partial charge in [0.1, 0.15) is 0 Å². The molecule has 0 bridgehead atoms. The van der Waals surface area contributed by atoms with E-state index in [0.717, 1.165) is 9.09 Å². The Morgan fingerprint density at radius 3 is 2.80 bits per heavy atom. The number of Topliss-reactive ketones (excluding diaryl/α,β-unsaturated/α-hetero) is 1. The molecular weight excluding hydrogens is 305 g/mol. The number of carbonyl (C=O) groups excluding carboxylic acids is 1. The Kier molecular flexibility index (Phi) is 2.60. The van der Waals surface area contributed by atoms with Crippen LogP contribution in [-0.4, -0.2) is 10.8 Å². The van der Waals surface area contributed by atoms with Crippen molar-refractivity contribution in [2.24, 2.45) is 0 Å². The van der Waals surface area contributed by atoms with E-state index in [2.05, 4.69) is 27.6 Å². The second-order valence-corrected chi connectivity index (χ2v) is 4.52. The maximum atomic E-state index is 11.9. The van der Waals surface area contributed by atoms with Crippen LogP contribution >= 0.6 is 22.6 Å². The summed E-state index contributed by atoms with van der Waals surface area (Å²) in [6.45, 7) is 1.39. The lowest BCUT2D eigenvalue weighted by Gasteiger charge is -2.00. The SMILES string of the molecule is CC(=O)c1c[nH]c2ccc(I)cc2c1=O. The Labute approximate surface area is 99.6 Å². The van der Waals surface area contributed by atoms with Crippen LogP contribution in [0.5, 0.6) is 0 Å². The fraction of sp³-hybridized carbons (Fsp3) is 0.0909. The van der Waals surface area contributed by atoms with Crippen LogP contribution in [-0.2, 0) is 0 Å². The van der Waals surface area contributed by atoms with E-state index in [4.69, 9.17) is 0 Å². The zero-order chi connectivity index (χ0) is 11.0. The largest absolute Gasteiger partial charge is 0.360 e. The van der Waals surface area contributed by atoms with E-state index in [-0.39, 0.29) is 16.8 Å². The molecule has 76 valence electrons. The number of benzene rings is 1. The minimum atomic E-state index is -0.211. The van der Waals surface area contributed by atoms with Gasteiger partial charge in [-0.15, -0.1) is 0 Å². The molecule has 2 aromatic rings. The minimum absolute atomic E-state index is 0.199. The number of ketones is 1. The van der Waals surface area contributed by atoms with E-state index < -0.39 is 0 Å². The van der Waals surface area contributed by atoms with Gasteiger partial charge in [0, 0.05) is 20.7 Å². The number of aromatic nitrogens is 1. The average Bonchev–Trinajstić information content (AvgIpc) is 2.19. The van der Waals surface area contributed by atoms with E-state index in [0.29, 0.717) is 5.39 Å². The molecule has 0 aliphatic carbocycles. The van der Waals surface area contributed by atoms with E-state index in [1.54, 1.807) is 6.07 Å². The zero-order valence-electron chi connectivity index (χ0n) is 8.00. The highest BCUT2D eigenvalue weighted by Crippen LogP contribution is 2.12. The van der Waals surface area contributed by atoms with Crippen LogP contribution in [0.25, 0.3) is 10.9 Å². The molecule has 0 radical (unpaired) electrons. The molecule has 2 rings (SSSR count). The number of nitrogens with one attached hydrogen (secondary N) is 1. The average molecular weight is 313 g/mol. The summed E-state index contributed by atoms with van der Waals surface area (Å²) in [5, 5.41) is 0.564. The summed E-state index contributed by atoms with van der Waals surface area (Å²) >= 11 is 2.14. The molecule has 4 heteroatoms. The molecule has 0 aliphatic heterocycles. The van der Waals surface area contributed by atoms with E-state index in [1.807, 2.05) is 12.1 Å². The molecule has 1 aromatic heterocycles. The summed E-state index contributed by atoms with van der Waals surface area (Å²) in [6, 6.07) is 5.52. The first-order valence-corrected chi connectivity index (χ1v) is 5.49. The number of rotatable bonds is 1. The van der Waals surface area contributed by atoms with Gasteiger partial charge in [-0.05, 0) is 47.7 Å². The summed E-state index contributed by atoms with van der Waals surface area (Å²) in [7, 11) is 0. The molecule has 3 nitrogen and oxygen atoms in total. The third-order valence-electron chi connectivity index (χ3n) is 2.22. The Bertz CT molecular complexity index is 601. The first-order chi connectivity index (χ1) is 7.09. The molecule has 1 aromatic carbocycles. The third-order valence-corrected chi connectivity index (χ3v) is 2.89. The van der Waals surface area contributed by atoms with Gasteiger partial charge in [0.15, 0.2) is 11.2 Å². The van der Waals surface area contributed by atoms with Gasteiger partial charge >= 0.3 is 0 Å². The smallest absolute Gasteiger partial charge is 0.200 e. The van der Waals surface area contributed by atoms with Crippen LogP contribution in [0.3, 0.4) is 0 Å². The molecule has 1 N–H and O–H groups in total. The number of fused-ring (bicyclic) bond motifs is 1. The lowest BCUT2D eigenvalue weighted by molar-refractivity contribution is 0.101. The molecule has 0 aliphatic rings. The monoisotopic (exact) mass is 313 g/mol. The Hall–Kier alpha value is -1.17. The first kappa shape index (κ1) is 10.4. The van der Waals surface area contributed by atoms with E-state index >= 15 is 0 Å². The fourth-order valence-corrected chi connectivity index (χ4v) is 1.94. The van der Waals surface area contributed by atoms with Crippen LogP contribution in [0.4, 0.5) is 0 Å². The van der Waals surface area contributed by atoms with Crippen LogP contribution < -0.4 is 5.43 Å². The number of hydrogen-bond donors (Lipinski definition) is 1. The second kappa shape index (κ2) is 3.77. The predicted molar refractivity (Wildman–Crippen MR) is 67.3 cm³/mol. The number of halogens is 1. The third kappa shape index (κ3) is 1.81. The maximum absolute atomic E-state index is 11.9. The standard InChI is InChI=1S/C11H8INO2/c1-6(14)9-5-13-10-3-2-7(12)4-8(10)11(9)15/h2-5H,1H3,(H,13,15). The van der Waals surface area contributed by atoms with Crippen molar-refractivity contribution in [3.8, 4) is 0 Å². The molecule has 0 fully saturated rings. The molecule has 15 heavy (non-hydrogen) atoms. The van der Waals surface area contributed by atoms with Crippen LogP contribution in [0.1, 0.15) is 17.3 Å². The molecule has 0 spiro atoms. The number of hydrogen-bond acceptors (Lipinski definition) is 2. The van der Waals surface area contributed by atoms with Crippen molar-refractivity contribution >= 4 is 39.3 Å². The number of pyridine rings is 1. The van der Waals surface area contributed by atoms with Crippen molar-refractivity contribution in [1.29, 1.82) is 0 Å². The summed E-state index contributed by atoms with van der Waals surface area (Å²) in [5.41, 5.74) is 0.768. The fourth-order valence-electron chi connectivity index (χ4n) is 1.45. The highest BCUT2D eigenvalue weighted by Gasteiger charge is 2.08. The van der Waals surface area contributed by atoms with Crippen molar-refractivity contribution in [2.45, 2.75) is 6.92 Å². The minimum Gasteiger partial charge on any atom is -0.360 e. The van der Waals surface area contributed by atoms with Crippen molar-refractivity contribution in [1.82, 2.24) is 4.98 Å². The van der Waals surface area contributed by atoms with Gasteiger partial charge < -0.3 is 4.98 Å². The topological polar surface area (TPSA) is 49.9 Å². The highest BCUT2D eigenvalue weighted by atomic mass is 127. The van der Waals surface area contributed by atoms with Gasteiger partial charge in [-0.1, -0.05) is 0 Å². The Balaban J connectivity index is 2.89. The first-order valence-electron chi connectivity index (χ1n) is 4.41. The molecule has 0 unspecified atom stereocenters. The lowest BCUT2D eigenvalue weighted by Crippen LogP contribution is -2.13. The van der Waals surface area contributed by atoms with Crippen molar-refractivity contribution in [2.75, 3.05) is 0 Å². The summed E-state index contributed by atoms with van der Waals surface area (Å²) in [4.78, 5) is 26.0. The van der Waals surface area contributed by atoms with Gasteiger partial charge in [0.2, 0.25) is 0 Å². The molecule has 0 amide bonds. The molecule has 0 atom stereocenters. The lowest BCUT2D eigenvalue weighted by atomic mass is 10.1. The number of aromatic amines is 1. The predicted octanol–water partition coefficient (Wildman–Crippen LogP) is 2.34. The normalized spacial score (nSPS) is 10.5. The van der Waals surface area contributed by atoms with Gasteiger partial charge in [0.05, 0.1) is 5.56 Å². The number of H-pyrrole nitrogens is 1. The summed E-state index contributed by atoms with van der Waals surface area (Å²) in [6.07, 6.45) is 1.47. The Morgan fingerprint density at radius 1 is 1.40 bits per heavy atom. The van der Waals surface area contributed by atoms with Crippen LogP contribution in [0, 0.1) is 3.57 Å². The van der Waals surface area contributed by atoms with Crippen molar-refractivity contribution < 1.29 is 4.79 Å². The van der Waals surface area contributed by atoms with Gasteiger partial charge in [-0.2, -0.15) is 0 Å². The summed E-state index contributed by atoms with van der Waals surface area (Å²) in [5.74, 6) is -0.211. The van der Waals surface area contributed by atoms with E-state index in [9.17, 15) is 9.59 Å². The van der Waals surface area contributed by atoms with Gasteiger partial charge in [-0.3, -0.25) is 9.59 Å². The Morgan fingerprint density at radius 2 is 2.13 bits per heavy atom. The van der Waals surface area contributed by atoms with Crippen molar-refractivity contribution in [3.05, 3.63) is 43.8 Å². The maximum Gasteiger partial charge on any atom is 0.200 e. The highest BCUT2D eigenvalue weighted by molar-refractivity contribution is 14.1. The quantitative estimate of drug-likeness (QED) is 0.649. The number of carbonyl (C=O) groups is 1. The molecule has 0 saturated carbocycles. The van der Waals surface area contributed by atoms with Crippen LogP contribution in [0.15, 0.2) is 29.2 Å². The zero-order valence-corrected chi connectivity index (χ0v) is 10.2. The van der Waals surface area contributed by atoms with Crippen LogP contribution in [0.2, 0.25) is 0 Å². The summed E-state index contributed by atoms with van der Waals surface area (Å²) < 4.78 is 0.978. The van der Waals surface area contributed by atoms with Crippen molar-refractivity contribution in [3.63, 3.8) is 0 Å². The van der Waals surface area contributed by atoms with Gasteiger partial charge in [0.25, 0.3) is 0 Å². The molecule has 1 heterocycles. The molecular formula is C11H8INO2. The van der Waals surface area contributed by atoms with E-state index in [1.165, 1.54) is 13.1 Å². The molecule has 0 saturated heterocycles. The second-order valence-electron chi connectivity index (χ2n) is 3.28.